The van der Waals surface area contributed by atoms with E-state index >= 15 is 0 Å². The number of carbonyl (C=O) groups excluding carboxylic acids is 1. The lowest BCUT2D eigenvalue weighted by Crippen LogP contribution is -2.09. The third kappa shape index (κ3) is 2.48. The minimum atomic E-state index is -0.211. The normalized spacial score (nSPS) is 9.80. The van der Waals surface area contributed by atoms with E-state index in [0.717, 1.165) is 0 Å². The van der Waals surface area contributed by atoms with Crippen molar-refractivity contribution in [1.29, 1.82) is 5.26 Å². The van der Waals surface area contributed by atoms with E-state index in [2.05, 4.69) is 0 Å². The second kappa shape index (κ2) is 3.20. The molecule has 0 unspecified atom stereocenters. The maximum absolute atomic E-state index is 10.2. The standard InChI is InChI=1S/C8H11NO/c1-8(2,3)7(6-10)4-5-9/h4H2,1-3H3. The van der Waals surface area contributed by atoms with E-state index in [1.807, 2.05) is 26.8 Å². The van der Waals surface area contributed by atoms with Gasteiger partial charge < -0.3 is 0 Å². The van der Waals surface area contributed by atoms with Crippen LogP contribution in [-0.4, -0.2) is 5.94 Å². The lowest BCUT2D eigenvalue weighted by molar-refractivity contribution is 0.489. The Bertz CT molecular complexity index is 198. The van der Waals surface area contributed by atoms with Crippen molar-refractivity contribution in [3.63, 3.8) is 0 Å². The van der Waals surface area contributed by atoms with E-state index in [4.69, 9.17) is 5.26 Å². The van der Waals surface area contributed by atoms with E-state index in [1.54, 1.807) is 5.94 Å². The molecule has 0 heterocycles. The number of nitriles is 1. The Kier molecular flexibility index (Phi) is 2.86. The van der Waals surface area contributed by atoms with Crippen molar-refractivity contribution in [3.8, 4) is 6.07 Å². The van der Waals surface area contributed by atoms with Gasteiger partial charge in [0.2, 0.25) is 0 Å². The van der Waals surface area contributed by atoms with Crippen LogP contribution in [0.25, 0.3) is 0 Å². The van der Waals surface area contributed by atoms with Crippen molar-refractivity contribution < 1.29 is 4.79 Å². The maximum atomic E-state index is 10.2. The summed E-state index contributed by atoms with van der Waals surface area (Å²) in [7, 11) is 0. The fourth-order valence-corrected chi connectivity index (χ4v) is 0.533. The minimum absolute atomic E-state index is 0.188. The third-order valence-electron chi connectivity index (χ3n) is 1.28. The van der Waals surface area contributed by atoms with Crippen LogP contribution in [0.2, 0.25) is 0 Å². The van der Waals surface area contributed by atoms with Gasteiger partial charge in [-0.15, -0.1) is 0 Å². The summed E-state index contributed by atoms with van der Waals surface area (Å²) in [5.41, 5.74) is 0.326. The van der Waals surface area contributed by atoms with Gasteiger partial charge in [0.15, 0.2) is 0 Å². The number of hydrogen-bond acceptors (Lipinski definition) is 2. The lowest BCUT2D eigenvalue weighted by atomic mass is 9.86. The molecule has 0 N–H and O–H groups in total. The van der Waals surface area contributed by atoms with Crippen LogP contribution in [0.5, 0.6) is 0 Å². The smallest absolute Gasteiger partial charge is 0.125 e. The van der Waals surface area contributed by atoms with Crippen molar-refractivity contribution in [1.82, 2.24) is 0 Å². The van der Waals surface area contributed by atoms with Crippen molar-refractivity contribution in [2.45, 2.75) is 27.2 Å². The Morgan fingerprint density at radius 1 is 1.50 bits per heavy atom. The van der Waals surface area contributed by atoms with E-state index in [0.29, 0.717) is 5.57 Å². The molecule has 0 rings (SSSR count). The Balaban J connectivity index is 4.44. The zero-order valence-electron chi connectivity index (χ0n) is 6.56. The molecule has 0 aromatic carbocycles. The average Bonchev–Trinajstić information content (AvgIpc) is 1.80. The molecule has 0 aliphatic carbocycles. The number of allylic oxidation sites excluding steroid dienone is 1. The summed E-state index contributed by atoms with van der Waals surface area (Å²) in [4.78, 5) is 10.2. The largest absolute Gasteiger partial charge is 0.233 e. The summed E-state index contributed by atoms with van der Waals surface area (Å²) in [6.07, 6.45) is 0.188. The summed E-state index contributed by atoms with van der Waals surface area (Å²) in [6.45, 7) is 5.68. The van der Waals surface area contributed by atoms with Gasteiger partial charge in [-0.25, -0.2) is 4.79 Å². The Morgan fingerprint density at radius 2 is 2.00 bits per heavy atom. The van der Waals surface area contributed by atoms with Crippen LogP contribution in [0.15, 0.2) is 5.57 Å². The first kappa shape index (κ1) is 8.94. The van der Waals surface area contributed by atoms with E-state index in [-0.39, 0.29) is 11.8 Å². The van der Waals surface area contributed by atoms with Crippen molar-refractivity contribution in [2.24, 2.45) is 5.41 Å². The fourth-order valence-electron chi connectivity index (χ4n) is 0.533. The summed E-state index contributed by atoms with van der Waals surface area (Å²) in [6, 6.07) is 1.93. The molecule has 0 radical (unpaired) electrons. The predicted molar refractivity (Wildman–Crippen MR) is 38.9 cm³/mol. The fraction of sp³-hybridized carbons (Fsp3) is 0.625. The Morgan fingerprint density at radius 3 is 2.10 bits per heavy atom. The molecule has 0 amide bonds. The van der Waals surface area contributed by atoms with Gasteiger partial charge in [-0.3, -0.25) is 0 Å². The van der Waals surface area contributed by atoms with Crippen molar-refractivity contribution >= 4 is 5.94 Å². The molecular weight excluding hydrogens is 126 g/mol. The zero-order valence-corrected chi connectivity index (χ0v) is 6.56. The first-order valence-electron chi connectivity index (χ1n) is 3.13. The van der Waals surface area contributed by atoms with Crippen LogP contribution in [0, 0.1) is 16.7 Å². The molecule has 0 bridgehead atoms. The third-order valence-corrected chi connectivity index (χ3v) is 1.28. The van der Waals surface area contributed by atoms with Crippen LogP contribution in [-0.2, 0) is 4.79 Å². The first-order valence-corrected chi connectivity index (χ1v) is 3.13. The van der Waals surface area contributed by atoms with Gasteiger partial charge in [0, 0.05) is 5.57 Å². The van der Waals surface area contributed by atoms with Crippen LogP contribution < -0.4 is 0 Å². The van der Waals surface area contributed by atoms with E-state index in [1.165, 1.54) is 0 Å². The van der Waals surface area contributed by atoms with E-state index in [9.17, 15) is 4.79 Å². The highest BCUT2D eigenvalue weighted by molar-refractivity contribution is 5.55. The van der Waals surface area contributed by atoms with Gasteiger partial charge >= 0.3 is 0 Å². The second-order valence-corrected chi connectivity index (χ2v) is 3.17. The van der Waals surface area contributed by atoms with Gasteiger partial charge in [-0.1, -0.05) is 20.8 Å². The number of nitrogens with zero attached hydrogens (tertiary/aromatic N) is 1. The molecule has 0 saturated carbocycles. The molecule has 0 aliphatic heterocycles. The molecule has 0 aliphatic rings. The maximum Gasteiger partial charge on any atom is 0.125 e. The topological polar surface area (TPSA) is 40.9 Å². The summed E-state index contributed by atoms with van der Waals surface area (Å²) in [5, 5.41) is 8.28. The molecule has 2 nitrogen and oxygen atoms in total. The predicted octanol–water partition coefficient (Wildman–Crippen LogP) is 1.70. The van der Waals surface area contributed by atoms with Crippen molar-refractivity contribution in [2.75, 3.05) is 0 Å². The molecular formula is C8H11NO. The Labute approximate surface area is 61.2 Å². The van der Waals surface area contributed by atoms with E-state index < -0.39 is 0 Å². The highest BCUT2D eigenvalue weighted by atomic mass is 16.1. The SMILES string of the molecule is CC(C)(C)C(=C=O)CC#N. The second-order valence-electron chi connectivity index (χ2n) is 3.17. The zero-order chi connectivity index (χ0) is 8.20. The molecule has 54 valence electrons. The summed E-state index contributed by atoms with van der Waals surface area (Å²) < 4.78 is 0. The molecule has 10 heavy (non-hydrogen) atoms. The van der Waals surface area contributed by atoms with Gasteiger partial charge in [-0.2, -0.15) is 5.26 Å². The molecule has 0 aromatic rings. The monoisotopic (exact) mass is 137 g/mol. The van der Waals surface area contributed by atoms with Crippen LogP contribution >= 0.6 is 0 Å². The van der Waals surface area contributed by atoms with Crippen molar-refractivity contribution in [3.05, 3.63) is 5.57 Å². The van der Waals surface area contributed by atoms with Gasteiger partial charge in [0.1, 0.15) is 5.94 Å². The van der Waals surface area contributed by atoms with Crippen LogP contribution in [0.4, 0.5) is 0 Å². The highest BCUT2D eigenvalue weighted by Gasteiger charge is 2.17. The number of hydrogen-bond donors (Lipinski definition) is 0. The molecule has 2 heteroatoms. The molecule has 0 spiro atoms. The quantitative estimate of drug-likeness (QED) is 0.516. The summed E-state index contributed by atoms with van der Waals surface area (Å²) in [5.74, 6) is 1.79. The average molecular weight is 137 g/mol. The van der Waals surface area contributed by atoms with Gasteiger partial charge in [0.25, 0.3) is 0 Å². The highest BCUT2D eigenvalue weighted by Crippen LogP contribution is 2.24. The summed E-state index contributed by atoms with van der Waals surface area (Å²) >= 11 is 0. The molecule has 0 atom stereocenters. The van der Waals surface area contributed by atoms with Gasteiger partial charge in [-0.05, 0) is 5.41 Å². The molecule has 0 fully saturated rings. The lowest BCUT2D eigenvalue weighted by Gasteiger charge is -2.16. The molecule has 0 saturated heterocycles. The van der Waals surface area contributed by atoms with Crippen LogP contribution in [0.1, 0.15) is 27.2 Å². The van der Waals surface area contributed by atoms with Gasteiger partial charge in [0.05, 0.1) is 12.5 Å². The number of rotatable bonds is 1. The first-order chi connectivity index (χ1) is 4.52. The van der Waals surface area contributed by atoms with Crippen LogP contribution in [0.3, 0.4) is 0 Å². The Hall–Kier alpha value is -1.06. The minimum Gasteiger partial charge on any atom is -0.233 e. The molecule has 0 aromatic heterocycles.